The van der Waals surface area contributed by atoms with Crippen LogP contribution in [0.3, 0.4) is 0 Å². The lowest BCUT2D eigenvalue weighted by atomic mass is 10.1. The van der Waals surface area contributed by atoms with E-state index in [-0.39, 0.29) is 22.9 Å². The maximum atomic E-state index is 15.0. The molecular formula is C28H28F2N4O5. The van der Waals surface area contributed by atoms with Crippen LogP contribution in [0.1, 0.15) is 23.8 Å². The fraction of sp³-hybridized carbons (Fsp3) is 0.250. The lowest BCUT2D eigenvalue weighted by molar-refractivity contribution is 0.102. The van der Waals surface area contributed by atoms with Gasteiger partial charge in [0.15, 0.2) is 23.1 Å². The number of ether oxygens (including phenoxy) is 4. The van der Waals surface area contributed by atoms with Crippen LogP contribution in [-0.4, -0.2) is 49.8 Å². The number of aromatic nitrogens is 2. The summed E-state index contributed by atoms with van der Waals surface area (Å²) >= 11 is 0. The van der Waals surface area contributed by atoms with E-state index in [0.717, 1.165) is 6.42 Å². The molecule has 2 N–H and O–H groups in total. The smallest absolute Gasteiger partial charge is 0.274 e. The number of anilines is 1. The zero-order valence-electron chi connectivity index (χ0n) is 21.7. The Balaban J connectivity index is 1.56. The number of carbonyl (C=O) groups is 1. The summed E-state index contributed by atoms with van der Waals surface area (Å²) in [5, 5.41) is 5.84. The minimum Gasteiger partial charge on any atom is -0.493 e. The van der Waals surface area contributed by atoms with Crippen molar-refractivity contribution in [2.75, 3.05) is 39.2 Å². The molecule has 204 valence electrons. The fourth-order valence-electron chi connectivity index (χ4n) is 3.61. The van der Waals surface area contributed by atoms with Crippen LogP contribution in [0.2, 0.25) is 0 Å². The van der Waals surface area contributed by atoms with Gasteiger partial charge >= 0.3 is 0 Å². The van der Waals surface area contributed by atoms with Crippen LogP contribution in [0.15, 0.2) is 54.9 Å². The second-order valence-corrected chi connectivity index (χ2v) is 8.30. The summed E-state index contributed by atoms with van der Waals surface area (Å²) in [5.74, 6) is -2.06. The van der Waals surface area contributed by atoms with Crippen molar-refractivity contribution in [3.05, 3.63) is 72.2 Å². The molecule has 2 aromatic heterocycles. The number of carbonyl (C=O) groups excluding carboxylic acids is 1. The van der Waals surface area contributed by atoms with E-state index in [1.54, 1.807) is 18.2 Å². The second kappa shape index (κ2) is 12.8. The minimum atomic E-state index is -1.28. The van der Waals surface area contributed by atoms with Gasteiger partial charge in [-0.1, -0.05) is 6.92 Å². The van der Waals surface area contributed by atoms with E-state index in [9.17, 15) is 9.18 Å². The largest absolute Gasteiger partial charge is 0.493 e. The first-order valence-electron chi connectivity index (χ1n) is 12.2. The Morgan fingerprint density at radius 3 is 2.49 bits per heavy atom. The van der Waals surface area contributed by atoms with Crippen molar-refractivity contribution in [3.63, 3.8) is 0 Å². The monoisotopic (exact) mass is 538 g/mol. The predicted molar refractivity (Wildman–Crippen MR) is 142 cm³/mol. The second-order valence-electron chi connectivity index (χ2n) is 8.30. The van der Waals surface area contributed by atoms with Crippen LogP contribution in [0.4, 0.5) is 14.5 Å². The van der Waals surface area contributed by atoms with Crippen molar-refractivity contribution in [1.82, 2.24) is 15.3 Å². The van der Waals surface area contributed by atoms with E-state index in [1.807, 2.05) is 14.0 Å². The number of benzene rings is 2. The molecule has 0 saturated carbocycles. The van der Waals surface area contributed by atoms with Crippen LogP contribution in [0.5, 0.6) is 28.7 Å². The average Bonchev–Trinajstić information content (AvgIpc) is 2.95. The summed E-state index contributed by atoms with van der Waals surface area (Å²) in [6.45, 7) is 3.47. The van der Waals surface area contributed by atoms with Gasteiger partial charge in [-0.05, 0) is 43.8 Å². The number of amides is 1. The first-order chi connectivity index (χ1) is 18.9. The zero-order valence-corrected chi connectivity index (χ0v) is 21.7. The number of hydrogen-bond donors (Lipinski definition) is 2. The maximum Gasteiger partial charge on any atom is 0.274 e. The Morgan fingerprint density at radius 2 is 1.72 bits per heavy atom. The molecule has 4 aromatic rings. The molecule has 39 heavy (non-hydrogen) atoms. The standard InChI is InChI=1S/C28H28F2N4O5/c1-4-12-37-17-7-9-33-21(14-17)28(35)34-19-5-6-23(27(30)26(19)29)39-22-8-10-32-20-16-25(38-13-11-31-2)24(36-3)15-18(20)22/h5-10,14-16,31H,4,11-13H2,1-3H3,(H,34,35). The Kier molecular flexibility index (Phi) is 9.06. The third-order valence-electron chi connectivity index (χ3n) is 5.55. The van der Waals surface area contributed by atoms with Gasteiger partial charge in [-0.3, -0.25) is 14.8 Å². The third-order valence-corrected chi connectivity index (χ3v) is 5.55. The van der Waals surface area contributed by atoms with Gasteiger partial charge in [0.25, 0.3) is 5.91 Å². The summed E-state index contributed by atoms with van der Waals surface area (Å²) in [6, 6.07) is 10.3. The fourth-order valence-corrected chi connectivity index (χ4v) is 3.61. The van der Waals surface area contributed by atoms with Gasteiger partial charge in [0.2, 0.25) is 5.82 Å². The van der Waals surface area contributed by atoms with Crippen LogP contribution in [0.25, 0.3) is 10.9 Å². The third kappa shape index (κ3) is 6.50. The number of methoxy groups -OCH3 is 1. The molecule has 0 aliphatic rings. The molecule has 0 unspecified atom stereocenters. The summed E-state index contributed by atoms with van der Waals surface area (Å²) < 4.78 is 52.4. The molecule has 0 fully saturated rings. The molecule has 1 amide bonds. The van der Waals surface area contributed by atoms with Crippen molar-refractivity contribution in [1.29, 1.82) is 0 Å². The van der Waals surface area contributed by atoms with E-state index in [0.29, 0.717) is 47.9 Å². The number of rotatable bonds is 12. The van der Waals surface area contributed by atoms with Crippen molar-refractivity contribution < 1.29 is 32.5 Å². The molecule has 4 rings (SSSR count). The van der Waals surface area contributed by atoms with Crippen LogP contribution in [0, 0.1) is 11.6 Å². The Bertz CT molecular complexity index is 1470. The van der Waals surface area contributed by atoms with E-state index in [2.05, 4.69) is 20.6 Å². The minimum absolute atomic E-state index is 0.00440. The van der Waals surface area contributed by atoms with Crippen molar-refractivity contribution in [3.8, 4) is 28.7 Å². The highest BCUT2D eigenvalue weighted by atomic mass is 19.2. The van der Waals surface area contributed by atoms with Gasteiger partial charge in [0, 0.05) is 36.5 Å². The highest BCUT2D eigenvalue weighted by Crippen LogP contribution is 2.38. The van der Waals surface area contributed by atoms with E-state index in [4.69, 9.17) is 18.9 Å². The molecule has 0 atom stereocenters. The zero-order chi connectivity index (χ0) is 27.8. The number of nitrogens with zero attached hydrogens (tertiary/aromatic N) is 2. The number of nitrogens with one attached hydrogen (secondary N) is 2. The topological polar surface area (TPSA) is 104 Å². The maximum absolute atomic E-state index is 15.0. The SMILES string of the molecule is CCCOc1ccnc(C(=O)Nc2ccc(Oc3ccnc4cc(OCCNC)c(OC)cc34)c(F)c2F)c1. The number of hydrogen-bond acceptors (Lipinski definition) is 8. The lowest BCUT2D eigenvalue weighted by Gasteiger charge is -2.15. The average molecular weight is 539 g/mol. The summed E-state index contributed by atoms with van der Waals surface area (Å²) in [7, 11) is 3.31. The van der Waals surface area contributed by atoms with Gasteiger partial charge in [0.05, 0.1) is 24.9 Å². The van der Waals surface area contributed by atoms with Crippen molar-refractivity contribution >= 4 is 22.5 Å². The first-order valence-corrected chi connectivity index (χ1v) is 12.2. The Morgan fingerprint density at radius 1 is 0.897 bits per heavy atom. The number of likely N-dealkylation sites (N-methyl/N-ethyl adjacent to an activating group) is 1. The molecule has 0 saturated heterocycles. The quantitative estimate of drug-likeness (QED) is 0.233. The summed E-state index contributed by atoms with van der Waals surface area (Å²) in [5.41, 5.74) is 0.140. The molecule has 0 aliphatic heterocycles. The van der Waals surface area contributed by atoms with E-state index < -0.39 is 17.5 Å². The molecule has 0 bridgehead atoms. The van der Waals surface area contributed by atoms with Crippen LogP contribution in [-0.2, 0) is 0 Å². The highest BCUT2D eigenvalue weighted by molar-refractivity contribution is 6.03. The Hall–Kier alpha value is -4.51. The number of fused-ring (bicyclic) bond motifs is 1. The lowest BCUT2D eigenvalue weighted by Crippen LogP contribution is -2.16. The van der Waals surface area contributed by atoms with E-state index in [1.165, 1.54) is 43.8 Å². The first kappa shape index (κ1) is 27.5. The molecule has 0 spiro atoms. The van der Waals surface area contributed by atoms with Crippen molar-refractivity contribution in [2.45, 2.75) is 13.3 Å². The van der Waals surface area contributed by atoms with Gasteiger partial charge in [-0.25, -0.2) is 4.39 Å². The number of halogens is 2. The summed E-state index contributed by atoms with van der Waals surface area (Å²) in [4.78, 5) is 20.9. The molecule has 0 aliphatic carbocycles. The van der Waals surface area contributed by atoms with Gasteiger partial charge in [-0.15, -0.1) is 0 Å². The molecule has 11 heteroatoms. The van der Waals surface area contributed by atoms with Gasteiger partial charge < -0.3 is 29.6 Å². The van der Waals surface area contributed by atoms with Gasteiger partial charge in [-0.2, -0.15) is 4.39 Å². The van der Waals surface area contributed by atoms with E-state index >= 15 is 4.39 Å². The van der Waals surface area contributed by atoms with Crippen LogP contribution >= 0.6 is 0 Å². The molecule has 2 heterocycles. The normalized spacial score (nSPS) is 10.8. The Labute approximate surface area is 224 Å². The molecular weight excluding hydrogens is 510 g/mol. The predicted octanol–water partition coefficient (Wildman–Crippen LogP) is 5.35. The highest BCUT2D eigenvalue weighted by Gasteiger charge is 2.20. The van der Waals surface area contributed by atoms with Crippen LogP contribution < -0.4 is 29.6 Å². The van der Waals surface area contributed by atoms with Crippen molar-refractivity contribution in [2.24, 2.45) is 0 Å². The summed E-state index contributed by atoms with van der Waals surface area (Å²) in [6.07, 6.45) is 3.67. The molecule has 0 radical (unpaired) electrons. The van der Waals surface area contributed by atoms with Gasteiger partial charge in [0.1, 0.15) is 23.8 Å². The number of pyridine rings is 2. The molecule has 2 aromatic carbocycles. The molecule has 9 nitrogen and oxygen atoms in total.